The standard InChI is InChI=1S/C20H22N6O2/c1-25-11-9-15-14(12-25)17(23-22-15)20(27)26-10-5-8-16(26)19-21-18(24-28-19)13-6-3-2-4-7-13/h2-4,6-7,16H,5,8-12H2,1H3,(H,22,23)/t16-/m1/s1. The Labute approximate surface area is 162 Å². The first-order chi connectivity index (χ1) is 13.7. The summed E-state index contributed by atoms with van der Waals surface area (Å²) in [6.07, 6.45) is 2.61. The number of fused-ring (bicyclic) bond motifs is 1. The molecule has 1 amide bonds. The van der Waals surface area contributed by atoms with Gasteiger partial charge in [0.1, 0.15) is 6.04 Å². The lowest BCUT2D eigenvalue weighted by molar-refractivity contribution is 0.0701. The van der Waals surface area contributed by atoms with Crippen molar-refractivity contribution in [2.75, 3.05) is 20.1 Å². The van der Waals surface area contributed by atoms with E-state index in [0.717, 1.165) is 49.2 Å². The zero-order valence-corrected chi connectivity index (χ0v) is 15.8. The van der Waals surface area contributed by atoms with Crippen molar-refractivity contribution in [2.24, 2.45) is 0 Å². The molecule has 1 fully saturated rings. The second-order valence-corrected chi connectivity index (χ2v) is 7.50. The van der Waals surface area contributed by atoms with Gasteiger partial charge in [-0.1, -0.05) is 35.5 Å². The van der Waals surface area contributed by atoms with Crippen LogP contribution in [0.25, 0.3) is 11.4 Å². The number of hydrogen-bond donors (Lipinski definition) is 1. The number of aromatic amines is 1. The van der Waals surface area contributed by atoms with Crippen molar-refractivity contribution in [3.63, 3.8) is 0 Å². The number of amides is 1. The summed E-state index contributed by atoms with van der Waals surface area (Å²) >= 11 is 0. The Morgan fingerprint density at radius 3 is 2.96 bits per heavy atom. The Morgan fingerprint density at radius 2 is 2.11 bits per heavy atom. The van der Waals surface area contributed by atoms with Crippen molar-refractivity contribution in [1.82, 2.24) is 30.1 Å². The number of H-pyrrole nitrogens is 1. The summed E-state index contributed by atoms with van der Waals surface area (Å²) in [5.74, 6) is 0.981. The highest BCUT2D eigenvalue weighted by atomic mass is 16.5. The Hall–Kier alpha value is -3.00. The molecular weight excluding hydrogens is 356 g/mol. The zero-order valence-electron chi connectivity index (χ0n) is 15.8. The second kappa shape index (κ2) is 6.87. The average molecular weight is 378 g/mol. The first kappa shape index (κ1) is 17.1. The number of nitrogens with zero attached hydrogens (tertiary/aromatic N) is 5. The molecule has 0 saturated carbocycles. The predicted octanol–water partition coefficient (Wildman–Crippen LogP) is 2.42. The fourth-order valence-corrected chi connectivity index (χ4v) is 4.08. The molecule has 1 aromatic carbocycles. The van der Waals surface area contributed by atoms with E-state index in [9.17, 15) is 4.79 Å². The highest BCUT2D eigenvalue weighted by Crippen LogP contribution is 2.34. The number of likely N-dealkylation sites (N-methyl/N-ethyl adjacent to an activating group) is 1. The monoisotopic (exact) mass is 378 g/mol. The van der Waals surface area contributed by atoms with E-state index in [-0.39, 0.29) is 11.9 Å². The molecule has 1 atom stereocenters. The van der Waals surface area contributed by atoms with Crippen LogP contribution in [0.5, 0.6) is 0 Å². The van der Waals surface area contributed by atoms with Crippen LogP contribution in [0.1, 0.15) is 46.5 Å². The fourth-order valence-electron chi connectivity index (χ4n) is 4.08. The molecule has 0 spiro atoms. The molecule has 0 aliphatic carbocycles. The normalized spacial score (nSPS) is 19.8. The first-order valence-corrected chi connectivity index (χ1v) is 9.65. The van der Waals surface area contributed by atoms with E-state index in [1.165, 1.54) is 0 Å². The summed E-state index contributed by atoms with van der Waals surface area (Å²) < 4.78 is 5.54. The van der Waals surface area contributed by atoms with Crippen LogP contribution in [0.4, 0.5) is 0 Å². The lowest BCUT2D eigenvalue weighted by Gasteiger charge is -2.24. The summed E-state index contributed by atoms with van der Waals surface area (Å²) in [6.45, 7) is 2.38. The molecule has 0 bridgehead atoms. The van der Waals surface area contributed by atoms with Crippen LogP contribution in [0, 0.1) is 0 Å². The predicted molar refractivity (Wildman–Crippen MR) is 101 cm³/mol. The zero-order chi connectivity index (χ0) is 19.1. The van der Waals surface area contributed by atoms with Gasteiger partial charge in [-0.3, -0.25) is 9.89 Å². The van der Waals surface area contributed by atoms with Gasteiger partial charge in [0.25, 0.3) is 5.91 Å². The van der Waals surface area contributed by atoms with E-state index in [1.54, 1.807) is 0 Å². The molecule has 0 radical (unpaired) electrons. The van der Waals surface area contributed by atoms with Crippen molar-refractivity contribution in [1.29, 1.82) is 0 Å². The van der Waals surface area contributed by atoms with Gasteiger partial charge in [0.15, 0.2) is 5.69 Å². The fraction of sp³-hybridized carbons (Fsp3) is 0.400. The number of aromatic nitrogens is 4. The highest BCUT2D eigenvalue weighted by molar-refractivity contribution is 5.94. The van der Waals surface area contributed by atoms with Gasteiger partial charge in [0, 0.05) is 42.9 Å². The van der Waals surface area contributed by atoms with Crippen LogP contribution in [0.2, 0.25) is 0 Å². The summed E-state index contributed by atoms with van der Waals surface area (Å²) in [6, 6.07) is 9.51. The van der Waals surface area contributed by atoms with Gasteiger partial charge in [-0.25, -0.2) is 0 Å². The van der Waals surface area contributed by atoms with Crippen molar-refractivity contribution >= 4 is 5.91 Å². The molecule has 8 heteroatoms. The Kier molecular flexibility index (Phi) is 4.20. The molecule has 1 N–H and O–H groups in total. The van der Waals surface area contributed by atoms with Crippen molar-refractivity contribution in [3.8, 4) is 11.4 Å². The van der Waals surface area contributed by atoms with Crippen LogP contribution in [0.3, 0.4) is 0 Å². The van der Waals surface area contributed by atoms with Gasteiger partial charge in [-0.2, -0.15) is 10.1 Å². The number of nitrogens with one attached hydrogen (secondary N) is 1. The minimum atomic E-state index is -0.203. The van der Waals surface area contributed by atoms with Crippen molar-refractivity contribution in [3.05, 3.63) is 53.2 Å². The molecule has 2 aliphatic heterocycles. The van der Waals surface area contributed by atoms with Crippen LogP contribution >= 0.6 is 0 Å². The molecule has 144 valence electrons. The highest BCUT2D eigenvalue weighted by Gasteiger charge is 2.37. The first-order valence-electron chi connectivity index (χ1n) is 9.65. The smallest absolute Gasteiger partial charge is 0.275 e. The third-order valence-electron chi connectivity index (χ3n) is 5.60. The topological polar surface area (TPSA) is 91.2 Å². The molecule has 2 aromatic heterocycles. The van der Waals surface area contributed by atoms with Crippen molar-refractivity contribution < 1.29 is 9.32 Å². The van der Waals surface area contributed by atoms with Gasteiger partial charge < -0.3 is 14.3 Å². The quantitative estimate of drug-likeness (QED) is 0.753. The maximum absolute atomic E-state index is 13.3. The van der Waals surface area contributed by atoms with E-state index in [2.05, 4.69) is 32.3 Å². The summed E-state index contributed by atoms with van der Waals surface area (Å²) in [7, 11) is 2.06. The number of carbonyl (C=O) groups is 1. The molecule has 28 heavy (non-hydrogen) atoms. The Morgan fingerprint density at radius 1 is 1.25 bits per heavy atom. The van der Waals surface area contributed by atoms with Gasteiger partial charge >= 0.3 is 0 Å². The van der Waals surface area contributed by atoms with E-state index in [0.29, 0.717) is 24.0 Å². The molecule has 5 rings (SSSR count). The van der Waals surface area contributed by atoms with E-state index in [1.807, 2.05) is 35.2 Å². The van der Waals surface area contributed by atoms with E-state index >= 15 is 0 Å². The second-order valence-electron chi connectivity index (χ2n) is 7.50. The SMILES string of the molecule is CN1CCc2[nH]nc(C(=O)N3CCC[C@@H]3c3nc(-c4ccccc4)no3)c2C1. The third-order valence-corrected chi connectivity index (χ3v) is 5.60. The summed E-state index contributed by atoms with van der Waals surface area (Å²) in [5, 5.41) is 11.5. The maximum Gasteiger partial charge on any atom is 0.275 e. The van der Waals surface area contributed by atoms with Gasteiger partial charge in [0.2, 0.25) is 11.7 Å². The van der Waals surface area contributed by atoms with Gasteiger partial charge in [-0.05, 0) is 19.9 Å². The van der Waals surface area contributed by atoms with E-state index in [4.69, 9.17) is 4.52 Å². The van der Waals surface area contributed by atoms with Gasteiger partial charge in [-0.15, -0.1) is 0 Å². The number of rotatable bonds is 3. The number of benzene rings is 1. The average Bonchev–Trinajstić information content (AvgIpc) is 3.46. The summed E-state index contributed by atoms with van der Waals surface area (Å²) in [5.41, 5.74) is 3.51. The minimum absolute atomic E-state index is 0.0604. The molecule has 8 nitrogen and oxygen atoms in total. The maximum atomic E-state index is 13.3. The lowest BCUT2D eigenvalue weighted by Crippen LogP contribution is -2.33. The number of hydrogen-bond acceptors (Lipinski definition) is 6. The van der Waals surface area contributed by atoms with Gasteiger partial charge in [0.05, 0.1) is 0 Å². The Bertz CT molecular complexity index is 995. The van der Waals surface area contributed by atoms with Crippen LogP contribution < -0.4 is 0 Å². The largest absolute Gasteiger partial charge is 0.337 e. The Balaban J connectivity index is 1.41. The molecule has 3 aromatic rings. The number of carbonyl (C=O) groups excluding carboxylic acids is 1. The number of likely N-dealkylation sites (tertiary alicyclic amines) is 1. The van der Waals surface area contributed by atoms with Crippen molar-refractivity contribution in [2.45, 2.75) is 31.8 Å². The summed E-state index contributed by atoms with van der Waals surface area (Å²) in [4.78, 5) is 21.9. The van der Waals surface area contributed by atoms with Crippen LogP contribution in [0.15, 0.2) is 34.9 Å². The van der Waals surface area contributed by atoms with Crippen LogP contribution in [-0.4, -0.2) is 56.2 Å². The van der Waals surface area contributed by atoms with E-state index < -0.39 is 0 Å². The lowest BCUT2D eigenvalue weighted by atomic mass is 10.1. The molecule has 2 aliphatic rings. The van der Waals surface area contributed by atoms with Crippen LogP contribution in [-0.2, 0) is 13.0 Å². The molecule has 4 heterocycles. The third kappa shape index (κ3) is 2.90. The molecular formula is C20H22N6O2. The minimum Gasteiger partial charge on any atom is -0.337 e. The molecule has 0 unspecified atom stereocenters. The molecule has 1 saturated heterocycles.